The maximum atomic E-state index is 13.1. The Balaban J connectivity index is 1.82. The predicted octanol–water partition coefficient (Wildman–Crippen LogP) is 6.68. The number of benzene rings is 3. The van der Waals surface area contributed by atoms with E-state index < -0.39 is 0 Å². The van der Waals surface area contributed by atoms with Crippen LogP contribution in [0.3, 0.4) is 0 Å². The van der Waals surface area contributed by atoms with E-state index in [-0.39, 0.29) is 11.5 Å². The SMILES string of the molecule is C=C(S)N(C)C(=NC)C(c1ccc(C)cc1)c1cc2c3c(c1)c(-c1cccc(Cl)c1)cc(=O)n3CC2. The molecular weight excluding hydrogens is 486 g/mol. The van der Waals surface area contributed by atoms with Crippen molar-refractivity contribution in [1.29, 1.82) is 0 Å². The Labute approximate surface area is 222 Å². The van der Waals surface area contributed by atoms with Crippen LogP contribution in [0.4, 0.5) is 0 Å². The van der Waals surface area contributed by atoms with Crippen molar-refractivity contribution >= 4 is 41.0 Å². The van der Waals surface area contributed by atoms with E-state index in [0.29, 0.717) is 16.6 Å². The van der Waals surface area contributed by atoms with Gasteiger partial charge in [0, 0.05) is 37.1 Å². The molecule has 4 nitrogen and oxygen atoms in total. The lowest BCUT2D eigenvalue weighted by Crippen LogP contribution is -2.30. The Morgan fingerprint density at radius 3 is 2.53 bits per heavy atom. The lowest BCUT2D eigenvalue weighted by molar-refractivity contribution is 0.645. The summed E-state index contributed by atoms with van der Waals surface area (Å²) in [5.74, 6) is 0.708. The van der Waals surface area contributed by atoms with Crippen molar-refractivity contribution in [2.75, 3.05) is 14.1 Å². The molecular formula is C30H28ClN3OS. The number of likely N-dealkylation sites (N-methyl/N-ethyl adjacent to an activating group) is 1. The van der Waals surface area contributed by atoms with E-state index in [1.807, 2.05) is 40.8 Å². The monoisotopic (exact) mass is 513 g/mol. The molecule has 1 aliphatic heterocycles. The number of hydrogen-bond donors (Lipinski definition) is 1. The van der Waals surface area contributed by atoms with E-state index in [2.05, 4.69) is 62.5 Å². The Hall–Kier alpha value is -3.28. The van der Waals surface area contributed by atoms with Crippen LogP contribution in [0.5, 0.6) is 0 Å². The van der Waals surface area contributed by atoms with Gasteiger partial charge in [-0.15, -0.1) is 12.6 Å². The minimum absolute atomic E-state index is 0.0148. The average molecular weight is 514 g/mol. The zero-order valence-corrected chi connectivity index (χ0v) is 22.3. The summed E-state index contributed by atoms with van der Waals surface area (Å²) < 4.78 is 1.89. The van der Waals surface area contributed by atoms with Crippen LogP contribution >= 0.6 is 24.2 Å². The smallest absolute Gasteiger partial charge is 0.251 e. The molecule has 0 fully saturated rings. The van der Waals surface area contributed by atoms with Crippen molar-refractivity contribution in [1.82, 2.24) is 9.47 Å². The number of nitrogens with zero attached hydrogens (tertiary/aromatic N) is 3. The number of halogens is 1. The minimum Gasteiger partial charge on any atom is -0.328 e. The molecule has 36 heavy (non-hydrogen) atoms. The molecule has 1 aromatic heterocycles. The molecule has 0 amide bonds. The molecule has 0 bridgehead atoms. The van der Waals surface area contributed by atoms with E-state index in [1.54, 1.807) is 13.1 Å². The number of pyridine rings is 1. The number of thiol groups is 1. The van der Waals surface area contributed by atoms with Gasteiger partial charge in [0.15, 0.2) is 0 Å². The summed E-state index contributed by atoms with van der Waals surface area (Å²) in [7, 11) is 3.74. The van der Waals surface area contributed by atoms with Gasteiger partial charge in [-0.25, -0.2) is 0 Å². The van der Waals surface area contributed by atoms with Crippen LogP contribution < -0.4 is 5.56 Å². The summed E-state index contributed by atoms with van der Waals surface area (Å²) in [6, 6.07) is 22.4. The van der Waals surface area contributed by atoms with E-state index in [1.165, 1.54) is 11.1 Å². The van der Waals surface area contributed by atoms with E-state index in [0.717, 1.165) is 45.4 Å². The van der Waals surface area contributed by atoms with Crippen molar-refractivity contribution in [3.8, 4) is 11.1 Å². The van der Waals surface area contributed by atoms with Crippen molar-refractivity contribution in [2.45, 2.75) is 25.8 Å². The first kappa shape index (κ1) is 24.4. The first-order valence-corrected chi connectivity index (χ1v) is 12.7. The topological polar surface area (TPSA) is 37.6 Å². The Bertz CT molecular complexity index is 1590. The Morgan fingerprint density at radius 2 is 1.86 bits per heavy atom. The summed E-state index contributed by atoms with van der Waals surface area (Å²) in [5.41, 5.74) is 7.45. The maximum absolute atomic E-state index is 13.1. The molecule has 1 atom stereocenters. The Kier molecular flexibility index (Phi) is 6.54. The molecule has 0 radical (unpaired) electrons. The third kappa shape index (κ3) is 4.27. The lowest BCUT2D eigenvalue weighted by Gasteiger charge is -2.29. The second-order valence-electron chi connectivity index (χ2n) is 9.29. The largest absolute Gasteiger partial charge is 0.328 e. The quantitative estimate of drug-likeness (QED) is 0.183. The third-order valence-corrected chi connectivity index (χ3v) is 7.54. The maximum Gasteiger partial charge on any atom is 0.251 e. The standard InChI is InChI=1S/C30H28ClN3OS/c1-18-8-10-20(11-9-18)28(30(32-3)33(4)19(2)36)23-14-22-12-13-34-27(35)17-25(26(16-23)29(22)34)21-6-5-7-24(31)15-21/h5-11,14-17,28,36H,2,12-13H2,1,3-4H3. The van der Waals surface area contributed by atoms with Crippen LogP contribution in [0.1, 0.15) is 28.2 Å². The highest BCUT2D eigenvalue weighted by Crippen LogP contribution is 2.38. The van der Waals surface area contributed by atoms with Crippen LogP contribution in [0.2, 0.25) is 5.02 Å². The van der Waals surface area contributed by atoms with Gasteiger partial charge in [-0.1, -0.05) is 66.2 Å². The van der Waals surface area contributed by atoms with Crippen molar-refractivity contribution < 1.29 is 0 Å². The lowest BCUT2D eigenvalue weighted by atomic mass is 9.86. The summed E-state index contributed by atoms with van der Waals surface area (Å²) in [6.45, 7) is 6.80. The molecule has 1 unspecified atom stereocenters. The molecule has 182 valence electrons. The highest BCUT2D eigenvalue weighted by molar-refractivity contribution is 7.84. The van der Waals surface area contributed by atoms with Crippen molar-refractivity contribution in [2.24, 2.45) is 4.99 Å². The number of amidine groups is 1. The molecule has 3 aromatic carbocycles. The van der Waals surface area contributed by atoms with E-state index in [4.69, 9.17) is 16.6 Å². The van der Waals surface area contributed by atoms with Crippen LogP contribution in [0, 0.1) is 6.92 Å². The summed E-state index contributed by atoms with van der Waals surface area (Å²) >= 11 is 10.9. The number of hydrogen-bond acceptors (Lipinski definition) is 3. The second kappa shape index (κ2) is 9.64. The molecule has 0 saturated carbocycles. The summed E-state index contributed by atoms with van der Waals surface area (Å²) in [6.07, 6.45) is 0.812. The fourth-order valence-electron chi connectivity index (χ4n) is 5.19. The molecule has 6 heteroatoms. The van der Waals surface area contributed by atoms with Gasteiger partial charge in [0.2, 0.25) is 0 Å². The molecule has 0 N–H and O–H groups in total. The molecule has 2 heterocycles. The van der Waals surface area contributed by atoms with Gasteiger partial charge in [0.05, 0.1) is 16.5 Å². The first-order valence-electron chi connectivity index (χ1n) is 11.9. The summed E-state index contributed by atoms with van der Waals surface area (Å²) in [5, 5.41) is 2.30. The zero-order chi connectivity index (χ0) is 25.6. The van der Waals surface area contributed by atoms with Crippen LogP contribution in [0.15, 0.2) is 88.1 Å². The van der Waals surface area contributed by atoms with Gasteiger partial charge in [-0.05, 0) is 59.4 Å². The van der Waals surface area contributed by atoms with Crippen molar-refractivity contribution in [3.05, 3.63) is 116 Å². The third-order valence-electron chi connectivity index (χ3n) is 7.01. The first-order chi connectivity index (χ1) is 17.3. The van der Waals surface area contributed by atoms with Gasteiger partial charge in [-0.2, -0.15) is 0 Å². The van der Waals surface area contributed by atoms with E-state index >= 15 is 0 Å². The predicted molar refractivity (Wildman–Crippen MR) is 155 cm³/mol. The Morgan fingerprint density at radius 1 is 1.11 bits per heavy atom. The average Bonchev–Trinajstić information content (AvgIpc) is 3.30. The molecule has 1 aliphatic rings. The highest BCUT2D eigenvalue weighted by atomic mass is 35.5. The van der Waals surface area contributed by atoms with Crippen LogP contribution in [-0.2, 0) is 13.0 Å². The van der Waals surface area contributed by atoms with Crippen LogP contribution in [-0.4, -0.2) is 29.4 Å². The fraction of sp³-hybridized carbons (Fsp3) is 0.200. The van der Waals surface area contributed by atoms with Gasteiger partial charge in [-0.3, -0.25) is 9.79 Å². The number of aromatic nitrogens is 1. The molecule has 5 rings (SSSR count). The minimum atomic E-state index is -0.140. The van der Waals surface area contributed by atoms with Crippen molar-refractivity contribution in [3.63, 3.8) is 0 Å². The number of aliphatic imine (C=N–C) groups is 1. The number of rotatable bonds is 5. The molecule has 0 aliphatic carbocycles. The van der Waals surface area contributed by atoms with E-state index in [9.17, 15) is 4.79 Å². The number of aryl methyl sites for hydroxylation is 3. The van der Waals surface area contributed by atoms with Gasteiger partial charge in [0.1, 0.15) is 5.84 Å². The molecule has 4 aromatic rings. The van der Waals surface area contributed by atoms with Crippen LogP contribution in [0.25, 0.3) is 22.0 Å². The second-order valence-corrected chi connectivity index (χ2v) is 10.2. The molecule has 0 spiro atoms. The zero-order valence-electron chi connectivity index (χ0n) is 20.6. The fourth-order valence-corrected chi connectivity index (χ4v) is 5.49. The molecule has 0 saturated heterocycles. The highest BCUT2D eigenvalue weighted by Gasteiger charge is 2.28. The summed E-state index contributed by atoms with van der Waals surface area (Å²) in [4.78, 5) is 19.7. The normalized spacial score (nSPS) is 13.8. The van der Waals surface area contributed by atoms with Gasteiger partial charge in [0.25, 0.3) is 5.56 Å². The van der Waals surface area contributed by atoms with Gasteiger partial charge >= 0.3 is 0 Å². The van der Waals surface area contributed by atoms with Gasteiger partial charge < -0.3 is 9.47 Å².